The number of rotatable bonds is 5. The normalized spacial score (nSPS) is 13.4. The largest absolute Gasteiger partial charge is 0.480 e. The number of aromatic nitrogens is 1. The van der Waals surface area contributed by atoms with Crippen LogP contribution in [0.5, 0.6) is 0 Å². The number of benzene rings is 2. The van der Waals surface area contributed by atoms with Gasteiger partial charge >= 0.3 is 5.97 Å². The van der Waals surface area contributed by atoms with E-state index in [2.05, 4.69) is 10.3 Å². The summed E-state index contributed by atoms with van der Waals surface area (Å²) in [7, 11) is 0. The maximum Gasteiger partial charge on any atom is 0.329 e. The van der Waals surface area contributed by atoms with E-state index in [4.69, 9.17) is 0 Å². The summed E-state index contributed by atoms with van der Waals surface area (Å²) in [5.74, 6) is -1.48. The van der Waals surface area contributed by atoms with Gasteiger partial charge in [0.25, 0.3) is 5.91 Å². The minimum atomic E-state index is -1.39. The first-order chi connectivity index (χ1) is 11.5. The first-order valence-electron chi connectivity index (χ1n) is 7.65. The number of hydrogen-bond donors (Lipinski definition) is 3. The average Bonchev–Trinajstić information content (AvgIpc) is 3.03. The number of aliphatic carboxylic acids is 1. The second-order valence-corrected chi connectivity index (χ2v) is 6.03. The first kappa shape index (κ1) is 15.8. The van der Waals surface area contributed by atoms with Crippen molar-refractivity contribution < 1.29 is 14.7 Å². The van der Waals surface area contributed by atoms with Gasteiger partial charge in [-0.2, -0.15) is 0 Å². The Balaban J connectivity index is 1.84. The standard InChI is InChI=1S/C19H18N2O3/c1-19(18(23)24,12-13-5-3-2-4-6-13)21-17(22)15-8-7-14-9-10-20-16(14)11-15/h2-11,20H,12H2,1H3,(H,21,22)(H,23,24)/t19-/m0/s1. The summed E-state index contributed by atoms with van der Waals surface area (Å²) in [5.41, 5.74) is 0.721. The van der Waals surface area contributed by atoms with Gasteiger partial charge in [-0.1, -0.05) is 36.4 Å². The molecule has 1 atom stereocenters. The van der Waals surface area contributed by atoms with Gasteiger partial charge < -0.3 is 15.4 Å². The maximum atomic E-state index is 12.5. The van der Waals surface area contributed by atoms with Crippen molar-refractivity contribution in [2.24, 2.45) is 0 Å². The molecule has 0 aliphatic rings. The summed E-state index contributed by atoms with van der Waals surface area (Å²) >= 11 is 0. The van der Waals surface area contributed by atoms with E-state index in [1.54, 1.807) is 18.3 Å². The van der Waals surface area contributed by atoms with E-state index in [9.17, 15) is 14.7 Å². The molecule has 3 N–H and O–H groups in total. The highest BCUT2D eigenvalue weighted by Gasteiger charge is 2.35. The highest BCUT2D eigenvalue weighted by atomic mass is 16.4. The van der Waals surface area contributed by atoms with Gasteiger partial charge in [-0.3, -0.25) is 4.79 Å². The summed E-state index contributed by atoms with van der Waals surface area (Å²) in [6, 6.07) is 16.4. The van der Waals surface area contributed by atoms with Crippen molar-refractivity contribution in [3.8, 4) is 0 Å². The number of amides is 1. The molecule has 0 spiro atoms. The van der Waals surface area contributed by atoms with Gasteiger partial charge in [-0.05, 0) is 36.1 Å². The lowest BCUT2D eigenvalue weighted by Gasteiger charge is -2.26. The monoisotopic (exact) mass is 322 g/mol. The van der Waals surface area contributed by atoms with Gasteiger partial charge in [-0.15, -0.1) is 0 Å². The fraction of sp³-hybridized carbons (Fsp3) is 0.158. The molecule has 0 fully saturated rings. The average molecular weight is 322 g/mol. The predicted octanol–water partition coefficient (Wildman–Crippen LogP) is 2.98. The van der Waals surface area contributed by atoms with E-state index < -0.39 is 17.4 Å². The molecular formula is C19H18N2O3. The minimum Gasteiger partial charge on any atom is -0.480 e. The summed E-state index contributed by atoms with van der Waals surface area (Å²) in [6.07, 6.45) is 2.00. The minimum absolute atomic E-state index is 0.208. The fourth-order valence-electron chi connectivity index (χ4n) is 2.69. The van der Waals surface area contributed by atoms with Crippen LogP contribution >= 0.6 is 0 Å². The lowest BCUT2D eigenvalue weighted by atomic mass is 9.92. The van der Waals surface area contributed by atoms with Crippen molar-refractivity contribution in [3.63, 3.8) is 0 Å². The van der Waals surface area contributed by atoms with Crippen molar-refractivity contribution in [3.05, 3.63) is 71.9 Å². The molecule has 0 radical (unpaired) electrons. The van der Waals surface area contributed by atoms with Gasteiger partial charge in [0.1, 0.15) is 5.54 Å². The third-order valence-corrected chi connectivity index (χ3v) is 4.08. The van der Waals surface area contributed by atoms with Crippen LogP contribution in [0.2, 0.25) is 0 Å². The lowest BCUT2D eigenvalue weighted by molar-refractivity contribution is -0.143. The number of carbonyl (C=O) groups excluding carboxylic acids is 1. The van der Waals surface area contributed by atoms with Crippen molar-refractivity contribution in [2.75, 3.05) is 0 Å². The van der Waals surface area contributed by atoms with Gasteiger partial charge in [-0.25, -0.2) is 4.79 Å². The number of nitrogens with one attached hydrogen (secondary N) is 2. The number of aromatic amines is 1. The van der Waals surface area contributed by atoms with Crippen molar-refractivity contribution in [1.29, 1.82) is 0 Å². The molecule has 1 heterocycles. The zero-order valence-electron chi connectivity index (χ0n) is 13.2. The molecule has 0 aliphatic carbocycles. The van der Waals surface area contributed by atoms with Crippen LogP contribution in [0.1, 0.15) is 22.8 Å². The Hall–Kier alpha value is -3.08. The van der Waals surface area contributed by atoms with Crippen LogP contribution in [-0.2, 0) is 11.2 Å². The number of carbonyl (C=O) groups is 2. The summed E-state index contributed by atoms with van der Waals surface area (Å²) < 4.78 is 0. The zero-order valence-corrected chi connectivity index (χ0v) is 13.2. The number of carboxylic acids is 1. The smallest absolute Gasteiger partial charge is 0.329 e. The summed E-state index contributed by atoms with van der Waals surface area (Å²) in [4.78, 5) is 27.3. The Labute approximate surface area is 139 Å². The lowest BCUT2D eigenvalue weighted by Crippen LogP contribution is -2.53. The SMILES string of the molecule is C[C@@](Cc1ccccc1)(NC(=O)c1ccc2cc[nH]c2c1)C(=O)O. The van der Waals surface area contributed by atoms with Crippen LogP contribution in [0.3, 0.4) is 0 Å². The Morgan fingerprint density at radius 2 is 1.88 bits per heavy atom. The topological polar surface area (TPSA) is 82.2 Å². The van der Waals surface area contributed by atoms with Crippen molar-refractivity contribution in [2.45, 2.75) is 18.9 Å². The molecule has 0 saturated carbocycles. The molecule has 0 unspecified atom stereocenters. The second-order valence-electron chi connectivity index (χ2n) is 6.03. The van der Waals surface area contributed by atoms with Crippen LogP contribution in [0.15, 0.2) is 60.8 Å². The fourth-order valence-corrected chi connectivity index (χ4v) is 2.69. The molecule has 3 rings (SSSR count). The summed E-state index contributed by atoms with van der Waals surface area (Å²) in [5, 5.41) is 13.3. The van der Waals surface area contributed by atoms with E-state index >= 15 is 0 Å². The molecule has 3 aromatic rings. The van der Waals surface area contributed by atoms with Gasteiger partial charge in [0.15, 0.2) is 0 Å². The van der Waals surface area contributed by atoms with Crippen LogP contribution in [0, 0.1) is 0 Å². The van der Waals surface area contributed by atoms with Gasteiger partial charge in [0.05, 0.1) is 0 Å². The number of H-pyrrole nitrogens is 1. The van der Waals surface area contributed by atoms with E-state index in [0.29, 0.717) is 5.56 Å². The maximum absolute atomic E-state index is 12.5. The Bertz CT molecular complexity index is 886. The first-order valence-corrected chi connectivity index (χ1v) is 7.65. The highest BCUT2D eigenvalue weighted by Crippen LogP contribution is 2.17. The Morgan fingerprint density at radius 3 is 2.58 bits per heavy atom. The Morgan fingerprint density at radius 1 is 1.12 bits per heavy atom. The van der Waals surface area contributed by atoms with Gasteiger partial charge in [0, 0.05) is 23.7 Å². The van der Waals surface area contributed by atoms with Crippen molar-refractivity contribution >= 4 is 22.8 Å². The number of hydrogen-bond acceptors (Lipinski definition) is 2. The quantitative estimate of drug-likeness (QED) is 0.675. The molecule has 5 nitrogen and oxygen atoms in total. The molecule has 122 valence electrons. The van der Waals surface area contributed by atoms with Gasteiger partial charge in [0.2, 0.25) is 0 Å². The highest BCUT2D eigenvalue weighted by molar-refractivity contribution is 6.00. The molecule has 1 aromatic heterocycles. The van der Waals surface area contributed by atoms with E-state index in [1.807, 2.05) is 42.5 Å². The number of carboxylic acid groups (broad SMARTS) is 1. The third kappa shape index (κ3) is 3.15. The molecule has 24 heavy (non-hydrogen) atoms. The van der Waals surface area contributed by atoms with E-state index in [-0.39, 0.29) is 6.42 Å². The Kier molecular flexibility index (Phi) is 4.08. The molecule has 0 aliphatic heterocycles. The second kappa shape index (κ2) is 6.20. The van der Waals surface area contributed by atoms with Crippen LogP contribution < -0.4 is 5.32 Å². The molecule has 0 saturated heterocycles. The third-order valence-electron chi connectivity index (χ3n) is 4.08. The van der Waals surface area contributed by atoms with Crippen LogP contribution in [-0.4, -0.2) is 27.5 Å². The zero-order chi connectivity index (χ0) is 17.2. The molecule has 1 amide bonds. The molecule has 2 aromatic carbocycles. The molecule has 5 heteroatoms. The van der Waals surface area contributed by atoms with E-state index in [1.165, 1.54) is 6.92 Å². The van der Waals surface area contributed by atoms with E-state index in [0.717, 1.165) is 16.5 Å². The van der Waals surface area contributed by atoms with Crippen LogP contribution in [0.25, 0.3) is 10.9 Å². The predicted molar refractivity (Wildman–Crippen MR) is 92.0 cm³/mol. The molecular weight excluding hydrogens is 304 g/mol. The molecule has 0 bridgehead atoms. The van der Waals surface area contributed by atoms with Crippen LogP contribution in [0.4, 0.5) is 0 Å². The van der Waals surface area contributed by atoms with Crippen molar-refractivity contribution in [1.82, 2.24) is 10.3 Å². The number of fused-ring (bicyclic) bond motifs is 1. The summed E-state index contributed by atoms with van der Waals surface area (Å²) in [6.45, 7) is 1.52.